The zero-order valence-electron chi connectivity index (χ0n) is 17.2. The van der Waals surface area contributed by atoms with Crippen LogP contribution in [0.3, 0.4) is 0 Å². The smallest absolute Gasteiger partial charge is 0.251 e. The summed E-state index contributed by atoms with van der Waals surface area (Å²) in [6.45, 7) is 2.61. The zero-order chi connectivity index (χ0) is 20.5. The van der Waals surface area contributed by atoms with E-state index in [9.17, 15) is 4.79 Å². The molecular formula is C23H30N4O2. The Kier molecular flexibility index (Phi) is 7.50. The molecule has 1 amide bonds. The largest absolute Gasteiger partial charge is 0.490 e. The number of aliphatic imine (C=N–C) groups is 1. The summed E-state index contributed by atoms with van der Waals surface area (Å²) in [4.78, 5) is 18.5. The predicted octanol–water partition coefficient (Wildman–Crippen LogP) is 2.71. The quantitative estimate of drug-likeness (QED) is 0.584. The van der Waals surface area contributed by atoms with Gasteiger partial charge >= 0.3 is 0 Å². The van der Waals surface area contributed by atoms with Crippen molar-refractivity contribution in [1.29, 1.82) is 0 Å². The van der Waals surface area contributed by atoms with E-state index in [-0.39, 0.29) is 12.0 Å². The third-order valence-corrected chi connectivity index (χ3v) is 5.11. The molecule has 29 heavy (non-hydrogen) atoms. The molecule has 0 spiro atoms. The Bertz CT molecular complexity index is 815. The number of carbonyl (C=O) groups is 1. The first-order chi connectivity index (χ1) is 14.2. The Labute approximate surface area is 173 Å². The number of ether oxygens (including phenoxy) is 1. The van der Waals surface area contributed by atoms with Crippen molar-refractivity contribution < 1.29 is 9.53 Å². The van der Waals surface area contributed by atoms with Gasteiger partial charge in [-0.15, -0.1) is 0 Å². The first-order valence-electron chi connectivity index (χ1n) is 10.2. The standard InChI is InChI=1S/C23H30N4O2/c1-24-22(28)19-8-6-7-18(17-19)11-14-26-23(25-2)27-15-12-21(13-16-27)29-20-9-4-3-5-10-20/h3-10,17,21H,11-16H2,1-2H3,(H,24,28)(H,25,26). The summed E-state index contributed by atoms with van der Waals surface area (Å²) in [6.07, 6.45) is 3.03. The van der Waals surface area contributed by atoms with Crippen molar-refractivity contribution in [3.8, 4) is 5.75 Å². The molecule has 0 aromatic heterocycles. The van der Waals surface area contributed by atoms with Crippen LogP contribution in [-0.2, 0) is 6.42 Å². The van der Waals surface area contributed by atoms with Crippen molar-refractivity contribution in [2.45, 2.75) is 25.4 Å². The van der Waals surface area contributed by atoms with Gasteiger partial charge in [0.15, 0.2) is 5.96 Å². The second-order valence-corrected chi connectivity index (χ2v) is 7.12. The summed E-state index contributed by atoms with van der Waals surface area (Å²) in [5, 5.41) is 6.11. The van der Waals surface area contributed by atoms with Crippen LogP contribution >= 0.6 is 0 Å². The summed E-state index contributed by atoms with van der Waals surface area (Å²) >= 11 is 0. The lowest BCUT2D eigenvalue weighted by molar-refractivity contribution is 0.0963. The van der Waals surface area contributed by atoms with Gasteiger partial charge in [-0.1, -0.05) is 30.3 Å². The molecule has 0 atom stereocenters. The second kappa shape index (κ2) is 10.5. The normalized spacial score (nSPS) is 15.1. The van der Waals surface area contributed by atoms with Crippen LogP contribution in [0.15, 0.2) is 59.6 Å². The fourth-order valence-corrected chi connectivity index (χ4v) is 3.54. The van der Waals surface area contributed by atoms with Crippen molar-refractivity contribution in [2.75, 3.05) is 33.7 Å². The topological polar surface area (TPSA) is 66.0 Å². The summed E-state index contributed by atoms with van der Waals surface area (Å²) in [5.74, 6) is 1.80. The molecule has 2 aromatic carbocycles. The van der Waals surface area contributed by atoms with E-state index in [1.165, 1.54) is 0 Å². The maximum Gasteiger partial charge on any atom is 0.251 e. The van der Waals surface area contributed by atoms with E-state index in [0.717, 1.165) is 56.2 Å². The van der Waals surface area contributed by atoms with Crippen LogP contribution in [-0.4, -0.2) is 56.6 Å². The highest BCUT2D eigenvalue weighted by molar-refractivity contribution is 5.94. The molecule has 1 saturated heterocycles. The van der Waals surface area contributed by atoms with E-state index in [1.54, 1.807) is 7.05 Å². The monoisotopic (exact) mass is 394 g/mol. The van der Waals surface area contributed by atoms with Gasteiger partial charge < -0.3 is 20.3 Å². The van der Waals surface area contributed by atoms with Crippen molar-refractivity contribution in [2.24, 2.45) is 4.99 Å². The molecule has 1 fully saturated rings. The maximum absolute atomic E-state index is 11.8. The van der Waals surface area contributed by atoms with Gasteiger partial charge in [0.2, 0.25) is 0 Å². The number of carbonyl (C=O) groups excluding carboxylic acids is 1. The predicted molar refractivity (Wildman–Crippen MR) is 117 cm³/mol. The number of hydrogen-bond acceptors (Lipinski definition) is 3. The van der Waals surface area contributed by atoms with Gasteiger partial charge in [-0.3, -0.25) is 9.79 Å². The Morgan fingerprint density at radius 3 is 2.59 bits per heavy atom. The van der Waals surface area contributed by atoms with Crippen LogP contribution < -0.4 is 15.4 Å². The third-order valence-electron chi connectivity index (χ3n) is 5.11. The number of piperidine rings is 1. The van der Waals surface area contributed by atoms with Crippen LogP contribution in [0.5, 0.6) is 5.75 Å². The average molecular weight is 395 g/mol. The van der Waals surface area contributed by atoms with E-state index in [2.05, 4.69) is 20.5 Å². The Balaban J connectivity index is 1.45. The molecule has 0 unspecified atom stereocenters. The third kappa shape index (κ3) is 5.98. The lowest BCUT2D eigenvalue weighted by Gasteiger charge is -2.34. The average Bonchev–Trinajstić information content (AvgIpc) is 2.78. The molecule has 154 valence electrons. The minimum Gasteiger partial charge on any atom is -0.490 e. The molecule has 2 aromatic rings. The molecule has 1 heterocycles. The van der Waals surface area contributed by atoms with E-state index < -0.39 is 0 Å². The van der Waals surface area contributed by atoms with Crippen LogP contribution in [0.1, 0.15) is 28.8 Å². The molecule has 2 N–H and O–H groups in total. The Morgan fingerprint density at radius 2 is 1.90 bits per heavy atom. The summed E-state index contributed by atoms with van der Waals surface area (Å²) in [5.41, 5.74) is 1.82. The number of guanidine groups is 1. The van der Waals surface area contributed by atoms with E-state index in [4.69, 9.17) is 4.74 Å². The molecule has 6 nitrogen and oxygen atoms in total. The van der Waals surface area contributed by atoms with Crippen LogP contribution in [0, 0.1) is 0 Å². The van der Waals surface area contributed by atoms with E-state index in [1.807, 2.05) is 61.6 Å². The van der Waals surface area contributed by atoms with Gasteiger partial charge in [-0.2, -0.15) is 0 Å². The Morgan fingerprint density at radius 1 is 1.14 bits per heavy atom. The first kappa shape index (κ1) is 20.7. The van der Waals surface area contributed by atoms with Gasteiger partial charge in [-0.05, 0) is 36.2 Å². The summed E-state index contributed by atoms with van der Waals surface area (Å²) in [7, 11) is 3.47. The molecule has 0 saturated carbocycles. The van der Waals surface area contributed by atoms with Crippen LogP contribution in [0.4, 0.5) is 0 Å². The van der Waals surface area contributed by atoms with Crippen LogP contribution in [0.2, 0.25) is 0 Å². The first-order valence-corrected chi connectivity index (χ1v) is 10.2. The molecule has 0 aliphatic carbocycles. The Hall–Kier alpha value is -3.02. The SMILES string of the molecule is CN=C(NCCc1cccc(C(=O)NC)c1)N1CCC(Oc2ccccc2)CC1. The zero-order valence-corrected chi connectivity index (χ0v) is 17.2. The van der Waals surface area contributed by atoms with E-state index >= 15 is 0 Å². The van der Waals surface area contributed by atoms with Crippen molar-refractivity contribution >= 4 is 11.9 Å². The van der Waals surface area contributed by atoms with Crippen molar-refractivity contribution in [3.63, 3.8) is 0 Å². The minimum atomic E-state index is -0.0591. The van der Waals surface area contributed by atoms with Crippen LogP contribution in [0.25, 0.3) is 0 Å². The number of nitrogens with one attached hydrogen (secondary N) is 2. The van der Waals surface area contributed by atoms with Gasteiger partial charge in [0, 0.05) is 52.1 Å². The summed E-state index contributed by atoms with van der Waals surface area (Å²) < 4.78 is 6.08. The number of nitrogens with zero attached hydrogens (tertiary/aromatic N) is 2. The minimum absolute atomic E-state index is 0.0591. The number of hydrogen-bond donors (Lipinski definition) is 2. The molecule has 1 aliphatic rings. The fraction of sp³-hybridized carbons (Fsp3) is 0.391. The highest BCUT2D eigenvalue weighted by atomic mass is 16.5. The highest BCUT2D eigenvalue weighted by Crippen LogP contribution is 2.18. The van der Waals surface area contributed by atoms with Gasteiger partial charge in [0.1, 0.15) is 11.9 Å². The van der Waals surface area contributed by atoms with Crippen molar-refractivity contribution in [1.82, 2.24) is 15.5 Å². The molecule has 0 bridgehead atoms. The molecular weight excluding hydrogens is 364 g/mol. The summed E-state index contributed by atoms with van der Waals surface area (Å²) in [6, 6.07) is 17.8. The van der Waals surface area contributed by atoms with Gasteiger partial charge in [0.25, 0.3) is 5.91 Å². The fourth-order valence-electron chi connectivity index (χ4n) is 3.54. The highest BCUT2D eigenvalue weighted by Gasteiger charge is 2.22. The lowest BCUT2D eigenvalue weighted by Crippen LogP contribution is -2.47. The second-order valence-electron chi connectivity index (χ2n) is 7.12. The van der Waals surface area contributed by atoms with Gasteiger partial charge in [-0.25, -0.2) is 0 Å². The number of rotatable bonds is 6. The maximum atomic E-state index is 11.8. The number of amides is 1. The molecule has 1 aliphatic heterocycles. The van der Waals surface area contributed by atoms with Gasteiger partial charge in [0.05, 0.1) is 0 Å². The molecule has 6 heteroatoms. The lowest BCUT2D eigenvalue weighted by atomic mass is 10.1. The van der Waals surface area contributed by atoms with Crippen molar-refractivity contribution in [3.05, 3.63) is 65.7 Å². The molecule has 3 rings (SSSR count). The number of para-hydroxylation sites is 1. The number of benzene rings is 2. The number of likely N-dealkylation sites (tertiary alicyclic amines) is 1. The van der Waals surface area contributed by atoms with E-state index in [0.29, 0.717) is 5.56 Å². The molecule has 0 radical (unpaired) electrons.